The van der Waals surface area contributed by atoms with Crippen LogP contribution in [0.4, 0.5) is 5.69 Å². The van der Waals surface area contributed by atoms with Gasteiger partial charge in [0, 0.05) is 11.8 Å². The number of carboxylic acid groups (broad SMARTS) is 1. The van der Waals surface area contributed by atoms with Crippen molar-refractivity contribution in [2.45, 2.75) is 11.8 Å². The molecular formula is C16H17NO6S. The van der Waals surface area contributed by atoms with Gasteiger partial charge in [0.15, 0.2) is 11.5 Å². The van der Waals surface area contributed by atoms with E-state index in [0.717, 1.165) is 11.6 Å². The molecule has 0 bridgehead atoms. The zero-order valence-electron chi connectivity index (χ0n) is 13.4. The molecule has 0 spiro atoms. The Morgan fingerprint density at radius 3 is 2.21 bits per heavy atom. The smallest absolute Gasteiger partial charge is 0.339 e. The van der Waals surface area contributed by atoms with Crippen LogP contribution in [0.1, 0.15) is 15.9 Å². The maximum atomic E-state index is 12.5. The van der Waals surface area contributed by atoms with E-state index in [9.17, 15) is 18.3 Å². The molecule has 0 aromatic heterocycles. The van der Waals surface area contributed by atoms with Crippen molar-refractivity contribution in [3.63, 3.8) is 0 Å². The number of aryl methyl sites for hydroxylation is 1. The molecule has 2 rings (SSSR count). The zero-order chi connectivity index (χ0) is 17.9. The number of methoxy groups -OCH3 is 2. The molecule has 24 heavy (non-hydrogen) atoms. The molecule has 2 aromatic rings. The molecule has 7 nitrogen and oxygen atoms in total. The van der Waals surface area contributed by atoms with Crippen molar-refractivity contribution >= 4 is 21.7 Å². The Balaban J connectivity index is 2.51. The van der Waals surface area contributed by atoms with E-state index in [1.165, 1.54) is 20.3 Å². The molecule has 0 heterocycles. The highest BCUT2D eigenvalue weighted by atomic mass is 32.2. The Kier molecular flexibility index (Phi) is 4.99. The van der Waals surface area contributed by atoms with Crippen LogP contribution in [0.3, 0.4) is 0 Å². The number of hydrogen-bond donors (Lipinski definition) is 2. The summed E-state index contributed by atoms with van der Waals surface area (Å²) in [5, 5.41) is 9.28. The SMILES string of the molecule is COc1cc(S(=O)(=O)Nc2ccc(C)cc2)cc(C(=O)O)c1OC. The van der Waals surface area contributed by atoms with Crippen molar-refractivity contribution in [2.24, 2.45) is 0 Å². The van der Waals surface area contributed by atoms with E-state index in [4.69, 9.17) is 9.47 Å². The van der Waals surface area contributed by atoms with E-state index in [-0.39, 0.29) is 22.0 Å². The van der Waals surface area contributed by atoms with Crippen LogP contribution in [0.25, 0.3) is 0 Å². The summed E-state index contributed by atoms with van der Waals surface area (Å²) in [6, 6.07) is 8.99. The normalized spacial score (nSPS) is 11.0. The summed E-state index contributed by atoms with van der Waals surface area (Å²) in [5.41, 5.74) is 1.05. The molecule has 0 aliphatic carbocycles. The second-order valence-corrected chi connectivity index (χ2v) is 6.67. The first kappa shape index (κ1) is 17.6. The number of carboxylic acids is 1. The predicted octanol–water partition coefficient (Wildman–Crippen LogP) is 2.51. The first-order chi connectivity index (χ1) is 11.3. The number of anilines is 1. The van der Waals surface area contributed by atoms with Crippen LogP contribution >= 0.6 is 0 Å². The average molecular weight is 351 g/mol. The number of hydrogen-bond acceptors (Lipinski definition) is 5. The topological polar surface area (TPSA) is 102 Å². The lowest BCUT2D eigenvalue weighted by Crippen LogP contribution is -2.14. The third-order valence-corrected chi connectivity index (χ3v) is 4.66. The monoisotopic (exact) mass is 351 g/mol. The van der Waals surface area contributed by atoms with Gasteiger partial charge in [-0.05, 0) is 25.1 Å². The van der Waals surface area contributed by atoms with Crippen molar-refractivity contribution in [1.82, 2.24) is 0 Å². The van der Waals surface area contributed by atoms with Gasteiger partial charge in [0.25, 0.3) is 10.0 Å². The standard InChI is InChI=1S/C16H17NO6S/c1-10-4-6-11(7-5-10)17-24(20,21)12-8-13(16(18)19)15(23-3)14(9-12)22-2/h4-9,17H,1-3H3,(H,18,19). The molecule has 0 saturated heterocycles. The van der Waals surface area contributed by atoms with Crippen LogP contribution in [0.15, 0.2) is 41.3 Å². The Bertz CT molecular complexity index is 859. The van der Waals surface area contributed by atoms with Crippen molar-refractivity contribution in [3.05, 3.63) is 47.5 Å². The van der Waals surface area contributed by atoms with Crippen molar-refractivity contribution in [3.8, 4) is 11.5 Å². The summed E-state index contributed by atoms with van der Waals surface area (Å²) >= 11 is 0. The van der Waals surface area contributed by atoms with E-state index >= 15 is 0 Å². The first-order valence-electron chi connectivity index (χ1n) is 6.87. The molecule has 0 radical (unpaired) electrons. The van der Waals surface area contributed by atoms with Gasteiger partial charge < -0.3 is 14.6 Å². The molecule has 0 atom stereocenters. The fourth-order valence-electron chi connectivity index (χ4n) is 2.09. The molecule has 8 heteroatoms. The van der Waals surface area contributed by atoms with E-state index in [0.29, 0.717) is 5.69 Å². The van der Waals surface area contributed by atoms with E-state index in [1.54, 1.807) is 24.3 Å². The number of ether oxygens (including phenoxy) is 2. The van der Waals surface area contributed by atoms with E-state index in [1.807, 2.05) is 6.92 Å². The van der Waals surface area contributed by atoms with E-state index < -0.39 is 16.0 Å². The van der Waals surface area contributed by atoms with Gasteiger partial charge in [-0.3, -0.25) is 4.72 Å². The summed E-state index contributed by atoms with van der Waals surface area (Å²) in [6.07, 6.45) is 0. The lowest BCUT2D eigenvalue weighted by molar-refractivity contribution is 0.0692. The number of sulfonamides is 1. The highest BCUT2D eigenvalue weighted by molar-refractivity contribution is 7.92. The van der Waals surface area contributed by atoms with Gasteiger partial charge in [-0.1, -0.05) is 17.7 Å². The average Bonchev–Trinajstić information content (AvgIpc) is 2.55. The minimum Gasteiger partial charge on any atom is -0.493 e. The van der Waals surface area contributed by atoms with Gasteiger partial charge in [0.1, 0.15) is 5.56 Å². The van der Waals surface area contributed by atoms with Crippen LogP contribution in [-0.4, -0.2) is 33.7 Å². The summed E-state index contributed by atoms with van der Waals surface area (Å²) in [4.78, 5) is 11.1. The Labute approximate surface area is 139 Å². The van der Waals surface area contributed by atoms with E-state index in [2.05, 4.69) is 4.72 Å². The number of carbonyl (C=O) groups is 1. The third kappa shape index (κ3) is 3.60. The van der Waals surface area contributed by atoms with Crippen molar-refractivity contribution in [2.75, 3.05) is 18.9 Å². The number of nitrogens with one attached hydrogen (secondary N) is 1. The minimum absolute atomic E-state index is 0.0154. The zero-order valence-corrected chi connectivity index (χ0v) is 14.2. The molecule has 2 aromatic carbocycles. The first-order valence-corrected chi connectivity index (χ1v) is 8.35. The molecular weight excluding hydrogens is 334 g/mol. The molecule has 2 N–H and O–H groups in total. The molecule has 0 fully saturated rings. The Morgan fingerprint density at radius 2 is 1.71 bits per heavy atom. The largest absolute Gasteiger partial charge is 0.493 e. The van der Waals surface area contributed by atoms with Crippen LogP contribution < -0.4 is 14.2 Å². The molecule has 128 valence electrons. The number of rotatable bonds is 6. The Morgan fingerprint density at radius 1 is 1.08 bits per heavy atom. The summed E-state index contributed by atoms with van der Waals surface area (Å²) in [6.45, 7) is 1.88. The van der Waals surface area contributed by atoms with Crippen molar-refractivity contribution in [1.29, 1.82) is 0 Å². The molecule has 0 aliphatic rings. The van der Waals surface area contributed by atoms with Crippen LogP contribution in [0, 0.1) is 6.92 Å². The Hall–Kier alpha value is -2.74. The van der Waals surface area contributed by atoms with Gasteiger partial charge in [-0.2, -0.15) is 0 Å². The van der Waals surface area contributed by atoms with Gasteiger partial charge in [0.05, 0.1) is 19.1 Å². The molecule has 0 saturated carbocycles. The van der Waals surface area contributed by atoms with Crippen LogP contribution in [0.2, 0.25) is 0 Å². The summed E-state index contributed by atoms with van der Waals surface area (Å²) < 4.78 is 37.5. The highest BCUT2D eigenvalue weighted by Gasteiger charge is 2.23. The fourth-order valence-corrected chi connectivity index (χ4v) is 3.19. The number of benzene rings is 2. The maximum Gasteiger partial charge on any atom is 0.339 e. The highest BCUT2D eigenvalue weighted by Crippen LogP contribution is 2.34. The second kappa shape index (κ2) is 6.79. The fraction of sp³-hybridized carbons (Fsp3) is 0.188. The third-order valence-electron chi connectivity index (χ3n) is 3.30. The van der Waals surface area contributed by atoms with Crippen LogP contribution in [0.5, 0.6) is 11.5 Å². The summed E-state index contributed by atoms with van der Waals surface area (Å²) in [5.74, 6) is -1.35. The summed E-state index contributed by atoms with van der Waals surface area (Å²) in [7, 11) is -1.41. The molecule has 0 aliphatic heterocycles. The minimum atomic E-state index is -3.99. The van der Waals surface area contributed by atoms with Gasteiger partial charge in [-0.25, -0.2) is 13.2 Å². The second-order valence-electron chi connectivity index (χ2n) is 4.98. The van der Waals surface area contributed by atoms with Crippen LogP contribution in [-0.2, 0) is 10.0 Å². The number of aromatic carboxylic acids is 1. The van der Waals surface area contributed by atoms with Gasteiger partial charge in [-0.15, -0.1) is 0 Å². The molecule has 0 amide bonds. The van der Waals surface area contributed by atoms with Gasteiger partial charge >= 0.3 is 5.97 Å². The maximum absolute atomic E-state index is 12.5. The molecule has 0 unspecified atom stereocenters. The lowest BCUT2D eigenvalue weighted by Gasteiger charge is -2.14. The van der Waals surface area contributed by atoms with Gasteiger partial charge in [0.2, 0.25) is 0 Å². The lowest BCUT2D eigenvalue weighted by atomic mass is 10.2. The predicted molar refractivity (Wildman–Crippen MR) is 88.5 cm³/mol. The van der Waals surface area contributed by atoms with Crippen molar-refractivity contribution < 1.29 is 27.8 Å². The quantitative estimate of drug-likeness (QED) is 0.829.